The number of hydrogen-bond donors (Lipinski definition) is 0. The summed E-state index contributed by atoms with van der Waals surface area (Å²) in [5.41, 5.74) is -0.907. The van der Waals surface area contributed by atoms with Crippen molar-refractivity contribution in [2.24, 2.45) is 5.92 Å². The number of hydrogen-bond acceptors (Lipinski definition) is 4. The van der Waals surface area contributed by atoms with Crippen LogP contribution in [0.2, 0.25) is 0 Å². The first-order chi connectivity index (χ1) is 12.8. The van der Waals surface area contributed by atoms with Crippen LogP contribution in [0.25, 0.3) is 11.6 Å². The van der Waals surface area contributed by atoms with E-state index in [1.54, 1.807) is 16.7 Å². The molecule has 0 saturated carbocycles. The Morgan fingerprint density at radius 3 is 2.19 bits per heavy atom. The van der Waals surface area contributed by atoms with E-state index in [1.165, 1.54) is 6.26 Å². The minimum absolute atomic E-state index is 0.184. The Labute approximate surface area is 155 Å². The van der Waals surface area contributed by atoms with E-state index in [9.17, 15) is 22.0 Å². The fraction of sp³-hybridized carbons (Fsp3) is 0.294. The highest BCUT2D eigenvalue weighted by Gasteiger charge is 2.26. The zero-order valence-electron chi connectivity index (χ0n) is 14.3. The van der Waals surface area contributed by atoms with Gasteiger partial charge in [-0.1, -0.05) is 25.6 Å². The lowest BCUT2D eigenvalue weighted by molar-refractivity contribution is 0.372. The van der Waals surface area contributed by atoms with Crippen LogP contribution in [0, 0.1) is 35.0 Å². The molecule has 1 aromatic carbocycles. The van der Waals surface area contributed by atoms with Crippen molar-refractivity contribution in [2.45, 2.75) is 31.3 Å². The van der Waals surface area contributed by atoms with Gasteiger partial charge < -0.3 is 4.42 Å². The molecule has 2 aromatic heterocycles. The van der Waals surface area contributed by atoms with Crippen molar-refractivity contribution in [2.75, 3.05) is 0 Å². The molecule has 0 unspecified atom stereocenters. The van der Waals surface area contributed by atoms with Crippen LogP contribution in [0.3, 0.4) is 0 Å². The topological polar surface area (TPSA) is 43.9 Å². The summed E-state index contributed by atoms with van der Waals surface area (Å²) in [7, 11) is 0. The molecule has 2 heterocycles. The van der Waals surface area contributed by atoms with Crippen molar-refractivity contribution >= 4 is 11.8 Å². The quantitative estimate of drug-likeness (QED) is 0.246. The molecular weight excluding hydrogens is 389 g/mol. The van der Waals surface area contributed by atoms with E-state index in [4.69, 9.17) is 4.42 Å². The smallest absolute Gasteiger partial charge is 0.200 e. The summed E-state index contributed by atoms with van der Waals surface area (Å²) in [6.45, 7) is 4.37. The average Bonchev–Trinajstić information content (AvgIpc) is 3.28. The third kappa shape index (κ3) is 3.71. The van der Waals surface area contributed by atoms with Gasteiger partial charge in [0.25, 0.3) is 0 Å². The van der Waals surface area contributed by atoms with Crippen LogP contribution in [0.1, 0.15) is 19.4 Å². The maximum atomic E-state index is 13.9. The number of furan rings is 1. The zero-order valence-corrected chi connectivity index (χ0v) is 15.1. The summed E-state index contributed by atoms with van der Waals surface area (Å²) in [5, 5.41) is 8.27. The van der Waals surface area contributed by atoms with Gasteiger partial charge in [-0.3, -0.25) is 4.57 Å². The molecule has 144 valence electrons. The molecule has 0 fully saturated rings. The Hall–Kier alpha value is -2.36. The molecule has 3 aromatic rings. The van der Waals surface area contributed by atoms with E-state index < -0.39 is 40.4 Å². The molecule has 0 aliphatic rings. The summed E-state index contributed by atoms with van der Waals surface area (Å²) in [6.07, 6.45) is 1.46. The summed E-state index contributed by atoms with van der Waals surface area (Å²) in [4.78, 5) is 0. The molecule has 0 spiro atoms. The minimum atomic E-state index is -2.18. The first-order valence-corrected chi connectivity index (χ1v) is 8.90. The number of nitrogens with zero attached hydrogens (tertiary/aromatic N) is 3. The Kier molecular flexibility index (Phi) is 5.54. The van der Waals surface area contributed by atoms with Crippen molar-refractivity contribution in [3.05, 3.63) is 53.0 Å². The Morgan fingerprint density at radius 1 is 1.00 bits per heavy atom. The van der Waals surface area contributed by atoms with Gasteiger partial charge in [-0.25, -0.2) is 22.0 Å². The molecule has 10 heteroatoms. The maximum absolute atomic E-state index is 13.9. The monoisotopic (exact) mass is 403 g/mol. The highest BCUT2D eigenvalue weighted by Crippen LogP contribution is 2.31. The zero-order chi connectivity index (χ0) is 19.7. The Balaban J connectivity index is 1.94. The van der Waals surface area contributed by atoms with Crippen LogP contribution < -0.4 is 0 Å². The van der Waals surface area contributed by atoms with E-state index >= 15 is 0 Å². The second kappa shape index (κ2) is 7.71. The SMILES string of the molecule is CC(C)Cn1c(SCc2c(F)c(F)c(F)c(F)c2F)nnc1-c1ccco1. The molecule has 0 saturated heterocycles. The van der Waals surface area contributed by atoms with Gasteiger partial charge in [0.2, 0.25) is 5.82 Å². The molecular formula is C17H14F5N3OS. The second-order valence-electron chi connectivity index (χ2n) is 6.13. The van der Waals surface area contributed by atoms with E-state index in [2.05, 4.69) is 10.2 Å². The number of benzene rings is 1. The van der Waals surface area contributed by atoms with E-state index in [1.807, 2.05) is 13.8 Å². The lowest BCUT2D eigenvalue weighted by atomic mass is 10.2. The summed E-state index contributed by atoms with van der Waals surface area (Å²) >= 11 is 0.824. The first kappa shape index (κ1) is 19.4. The molecule has 0 aliphatic carbocycles. The molecule has 0 bridgehead atoms. The number of thioether (sulfide) groups is 1. The van der Waals surface area contributed by atoms with E-state index in [0.717, 1.165) is 11.8 Å². The maximum Gasteiger partial charge on any atom is 0.200 e. The van der Waals surface area contributed by atoms with Gasteiger partial charge in [0.05, 0.1) is 6.26 Å². The Morgan fingerprint density at radius 2 is 1.63 bits per heavy atom. The highest BCUT2D eigenvalue weighted by molar-refractivity contribution is 7.98. The first-order valence-electron chi connectivity index (χ1n) is 7.91. The summed E-state index contributed by atoms with van der Waals surface area (Å²) in [5.74, 6) is -9.26. The molecule has 0 N–H and O–H groups in total. The summed E-state index contributed by atoms with van der Waals surface area (Å²) < 4.78 is 74.6. The molecule has 3 rings (SSSR count). The highest BCUT2D eigenvalue weighted by atomic mass is 32.2. The molecule has 27 heavy (non-hydrogen) atoms. The number of rotatable bonds is 6. The van der Waals surface area contributed by atoms with Gasteiger partial charge in [-0.05, 0) is 18.1 Å². The van der Waals surface area contributed by atoms with Gasteiger partial charge in [0.15, 0.2) is 40.0 Å². The van der Waals surface area contributed by atoms with E-state index in [0.29, 0.717) is 18.1 Å². The van der Waals surface area contributed by atoms with Crippen LogP contribution in [0.5, 0.6) is 0 Å². The van der Waals surface area contributed by atoms with Crippen molar-refractivity contribution < 1.29 is 26.4 Å². The van der Waals surface area contributed by atoms with Crippen LogP contribution in [0.15, 0.2) is 28.0 Å². The third-order valence-electron chi connectivity index (χ3n) is 3.65. The van der Waals surface area contributed by atoms with Crippen molar-refractivity contribution in [3.8, 4) is 11.6 Å². The van der Waals surface area contributed by atoms with Crippen LogP contribution in [0.4, 0.5) is 22.0 Å². The second-order valence-corrected chi connectivity index (χ2v) is 7.07. The standard InChI is InChI=1S/C17H14F5N3OS/c1-8(2)6-25-16(10-4-3-5-26-10)23-24-17(25)27-7-9-11(18)13(20)15(22)14(21)12(9)19/h3-5,8H,6-7H2,1-2H3. The fourth-order valence-corrected chi connectivity index (χ4v) is 3.37. The largest absolute Gasteiger partial charge is 0.461 e. The van der Waals surface area contributed by atoms with Crippen LogP contribution >= 0.6 is 11.8 Å². The third-order valence-corrected chi connectivity index (χ3v) is 4.65. The van der Waals surface area contributed by atoms with Crippen LogP contribution in [-0.2, 0) is 12.3 Å². The minimum Gasteiger partial charge on any atom is -0.461 e. The van der Waals surface area contributed by atoms with Gasteiger partial charge in [0, 0.05) is 17.9 Å². The lowest BCUT2D eigenvalue weighted by Crippen LogP contribution is -2.09. The van der Waals surface area contributed by atoms with Gasteiger partial charge in [-0.2, -0.15) is 0 Å². The predicted octanol–water partition coefficient (Wildman–Crippen LogP) is 5.18. The van der Waals surface area contributed by atoms with Gasteiger partial charge in [0.1, 0.15) is 0 Å². The fourth-order valence-electron chi connectivity index (χ4n) is 2.43. The molecule has 0 aliphatic heterocycles. The number of halogens is 5. The van der Waals surface area contributed by atoms with Crippen molar-refractivity contribution in [3.63, 3.8) is 0 Å². The van der Waals surface area contributed by atoms with Crippen LogP contribution in [-0.4, -0.2) is 14.8 Å². The molecule has 0 radical (unpaired) electrons. The number of aromatic nitrogens is 3. The summed E-state index contributed by atoms with van der Waals surface area (Å²) in [6, 6.07) is 3.35. The molecule has 0 amide bonds. The van der Waals surface area contributed by atoms with E-state index in [-0.39, 0.29) is 11.1 Å². The molecule has 0 atom stereocenters. The Bertz CT molecular complexity index is 927. The van der Waals surface area contributed by atoms with Gasteiger partial charge >= 0.3 is 0 Å². The van der Waals surface area contributed by atoms with Gasteiger partial charge in [-0.15, -0.1) is 10.2 Å². The normalized spacial score (nSPS) is 11.6. The lowest BCUT2D eigenvalue weighted by Gasteiger charge is -2.12. The van der Waals surface area contributed by atoms with Crippen molar-refractivity contribution in [1.29, 1.82) is 0 Å². The average molecular weight is 403 g/mol. The van der Waals surface area contributed by atoms with Crippen molar-refractivity contribution in [1.82, 2.24) is 14.8 Å². The molecule has 4 nitrogen and oxygen atoms in total. The predicted molar refractivity (Wildman–Crippen MR) is 88.4 cm³/mol.